The van der Waals surface area contributed by atoms with E-state index in [0.717, 1.165) is 23.4 Å². The number of amides is 2. The zero-order valence-corrected chi connectivity index (χ0v) is 22.6. The summed E-state index contributed by atoms with van der Waals surface area (Å²) < 4.78 is 31.4. The van der Waals surface area contributed by atoms with E-state index in [1.165, 1.54) is 18.1 Å². The van der Waals surface area contributed by atoms with Crippen LogP contribution in [0.15, 0.2) is 42.5 Å². The molecule has 192 valence electrons. The molecule has 0 spiro atoms. The molecule has 0 fully saturated rings. The lowest BCUT2D eigenvalue weighted by molar-refractivity contribution is -0.139. The Morgan fingerprint density at radius 1 is 1.11 bits per heavy atom. The number of halogens is 2. The first-order chi connectivity index (χ1) is 16.5. The van der Waals surface area contributed by atoms with Gasteiger partial charge in [-0.3, -0.25) is 13.9 Å². The Labute approximate surface area is 217 Å². The van der Waals surface area contributed by atoms with Crippen LogP contribution in [0.5, 0.6) is 5.75 Å². The highest BCUT2D eigenvalue weighted by molar-refractivity contribution is 7.92. The number of nitrogens with one attached hydrogen (secondary N) is 1. The summed E-state index contributed by atoms with van der Waals surface area (Å²) in [6.45, 7) is 3.45. The number of hydrogen-bond donors (Lipinski definition) is 1. The summed E-state index contributed by atoms with van der Waals surface area (Å²) in [6, 6.07) is 10.4. The van der Waals surface area contributed by atoms with E-state index in [0.29, 0.717) is 27.9 Å². The normalized spacial score (nSPS) is 12.1. The molecule has 1 atom stereocenters. The fraction of sp³-hybridized carbons (Fsp3) is 0.417. The van der Waals surface area contributed by atoms with Crippen molar-refractivity contribution in [2.24, 2.45) is 0 Å². The molecule has 2 rings (SSSR count). The molecule has 0 aliphatic rings. The van der Waals surface area contributed by atoms with Crippen LogP contribution < -0.4 is 14.4 Å². The van der Waals surface area contributed by atoms with Crippen molar-refractivity contribution in [3.05, 3.63) is 58.1 Å². The first-order valence-electron chi connectivity index (χ1n) is 11.1. The molecule has 0 aliphatic heterocycles. The number of hydrogen-bond acceptors (Lipinski definition) is 5. The number of nitrogens with zero attached hydrogens (tertiary/aromatic N) is 2. The van der Waals surface area contributed by atoms with Crippen LogP contribution in [0.3, 0.4) is 0 Å². The molecule has 2 aromatic rings. The number of unbranched alkanes of at least 4 members (excludes halogenated alkanes) is 1. The highest BCUT2D eigenvalue weighted by atomic mass is 35.5. The van der Waals surface area contributed by atoms with Crippen molar-refractivity contribution in [1.29, 1.82) is 0 Å². The maximum Gasteiger partial charge on any atom is 0.244 e. The van der Waals surface area contributed by atoms with Gasteiger partial charge in [0.25, 0.3) is 0 Å². The van der Waals surface area contributed by atoms with Crippen molar-refractivity contribution in [2.45, 2.75) is 39.3 Å². The molecule has 2 aromatic carbocycles. The molecule has 35 heavy (non-hydrogen) atoms. The van der Waals surface area contributed by atoms with Gasteiger partial charge in [-0.1, -0.05) is 48.7 Å². The van der Waals surface area contributed by atoms with Gasteiger partial charge in [0.05, 0.1) is 19.1 Å². The maximum atomic E-state index is 13.6. The molecule has 0 aromatic heterocycles. The van der Waals surface area contributed by atoms with Crippen LogP contribution in [0, 0.1) is 0 Å². The Hall–Kier alpha value is -2.49. The van der Waals surface area contributed by atoms with E-state index in [1.54, 1.807) is 43.3 Å². The monoisotopic (exact) mass is 543 g/mol. The van der Waals surface area contributed by atoms with E-state index >= 15 is 0 Å². The lowest BCUT2D eigenvalue weighted by Gasteiger charge is -2.32. The molecule has 0 unspecified atom stereocenters. The zero-order chi connectivity index (χ0) is 26.2. The van der Waals surface area contributed by atoms with Gasteiger partial charge in [0, 0.05) is 34.8 Å². The highest BCUT2D eigenvalue weighted by Crippen LogP contribution is 2.28. The molecule has 1 N–H and O–H groups in total. The summed E-state index contributed by atoms with van der Waals surface area (Å²) in [5.74, 6) is -0.512. The van der Waals surface area contributed by atoms with Crippen LogP contribution in [-0.2, 0) is 26.2 Å². The fourth-order valence-corrected chi connectivity index (χ4v) is 4.71. The number of anilines is 1. The number of sulfonamides is 1. The first kappa shape index (κ1) is 28.7. The van der Waals surface area contributed by atoms with Crippen LogP contribution in [-0.4, -0.2) is 57.6 Å². The molecule has 0 saturated heterocycles. The Morgan fingerprint density at radius 2 is 1.74 bits per heavy atom. The SMILES string of the molecule is CCCCNC(=O)[C@@H](C)N(Cc1c(Cl)cccc1Cl)C(=O)CN(c1cccc(OC)c1)S(C)(=O)=O. The summed E-state index contributed by atoms with van der Waals surface area (Å²) in [6.07, 6.45) is 2.70. The fourth-order valence-electron chi connectivity index (χ4n) is 3.35. The third-order valence-corrected chi connectivity index (χ3v) is 7.26. The van der Waals surface area contributed by atoms with Crippen molar-refractivity contribution in [1.82, 2.24) is 10.2 Å². The number of carbonyl (C=O) groups is 2. The van der Waals surface area contributed by atoms with Crippen LogP contribution in [0.4, 0.5) is 5.69 Å². The second-order valence-electron chi connectivity index (χ2n) is 8.01. The molecule has 0 bridgehead atoms. The number of methoxy groups -OCH3 is 1. The van der Waals surface area contributed by atoms with E-state index in [-0.39, 0.29) is 18.1 Å². The van der Waals surface area contributed by atoms with E-state index < -0.39 is 28.5 Å². The second kappa shape index (κ2) is 13.0. The lowest BCUT2D eigenvalue weighted by atomic mass is 10.1. The minimum atomic E-state index is -3.85. The van der Waals surface area contributed by atoms with E-state index in [4.69, 9.17) is 27.9 Å². The Bertz CT molecular complexity index is 1120. The van der Waals surface area contributed by atoms with Gasteiger partial charge < -0.3 is 15.0 Å². The average molecular weight is 545 g/mol. The van der Waals surface area contributed by atoms with Crippen LogP contribution in [0.1, 0.15) is 32.3 Å². The van der Waals surface area contributed by atoms with Crippen molar-refractivity contribution >= 4 is 50.7 Å². The topological polar surface area (TPSA) is 96.0 Å². The minimum Gasteiger partial charge on any atom is -0.497 e. The molecule has 11 heteroatoms. The predicted molar refractivity (Wildman–Crippen MR) is 140 cm³/mol. The van der Waals surface area contributed by atoms with Crippen molar-refractivity contribution in [2.75, 3.05) is 30.8 Å². The van der Waals surface area contributed by atoms with Crippen molar-refractivity contribution in [3.63, 3.8) is 0 Å². The third kappa shape index (κ3) is 8.02. The number of ether oxygens (including phenoxy) is 1. The first-order valence-corrected chi connectivity index (χ1v) is 13.7. The standard InChI is InChI=1S/C24H31Cl2N3O5S/c1-5-6-13-27-24(31)17(2)28(15-20-21(25)11-8-12-22(20)26)23(30)16-29(35(4,32)33)18-9-7-10-19(14-18)34-3/h7-12,14,17H,5-6,13,15-16H2,1-4H3,(H,27,31)/t17-/m1/s1. The largest absolute Gasteiger partial charge is 0.497 e. The molecule has 0 aliphatic carbocycles. The summed E-state index contributed by atoms with van der Waals surface area (Å²) in [7, 11) is -2.39. The molecule has 8 nitrogen and oxygen atoms in total. The molecule has 0 heterocycles. The predicted octanol–water partition coefficient (Wildman–Crippen LogP) is 4.10. The van der Waals surface area contributed by atoms with Gasteiger partial charge in [0.1, 0.15) is 18.3 Å². The zero-order valence-electron chi connectivity index (χ0n) is 20.3. The van der Waals surface area contributed by atoms with Gasteiger partial charge in [-0.25, -0.2) is 8.42 Å². The number of rotatable bonds is 12. The van der Waals surface area contributed by atoms with Gasteiger partial charge in [-0.05, 0) is 37.6 Å². The Kier molecular flexibility index (Phi) is 10.7. The van der Waals surface area contributed by atoms with E-state index in [1.807, 2.05) is 6.92 Å². The molecule has 2 amide bonds. The van der Waals surface area contributed by atoms with Crippen molar-refractivity contribution in [3.8, 4) is 5.75 Å². The minimum absolute atomic E-state index is 0.0740. The van der Waals surface area contributed by atoms with Crippen LogP contribution in [0.2, 0.25) is 10.0 Å². The Morgan fingerprint density at radius 3 is 2.31 bits per heavy atom. The average Bonchev–Trinajstić information content (AvgIpc) is 2.81. The summed E-state index contributed by atoms with van der Waals surface area (Å²) in [5.41, 5.74) is 0.723. The summed E-state index contributed by atoms with van der Waals surface area (Å²) in [4.78, 5) is 27.7. The van der Waals surface area contributed by atoms with E-state index in [9.17, 15) is 18.0 Å². The number of benzene rings is 2. The van der Waals surface area contributed by atoms with Crippen LogP contribution >= 0.6 is 23.2 Å². The summed E-state index contributed by atoms with van der Waals surface area (Å²) in [5, 5.41) is 3.49. The van der Waals surface area contributed by atoms with E-state index in [2.05, 4.69) is 5.32 Å². The maximum absolute atomic E-state index is 13.6. The van der Waals surface area contributed by atoms with Crippen molar-refractivity contribution < 1.29 is 22.7 Å². The smallest absolute Gasteiger partial charge is 0.244 e. The highest BCUT2D eigenvalue weighted by Gasteiger charge is 2.31. The summed E-state index contributed by atoms with van der Waals surface area (Å²) >= 11 is 12.7. The quantitative estimate of drug-likeness (QED) is 0.406. The molecular formula is C24H31Cl2N3O5S. The van der Waals surface area contributed by atoms with Gasteiger partial charge in [0.2, 0.25) is 21.8 Å². The molecule has 0 saturated carbocycles. The van der Waals surface area contributed by atoms with Gasteiger partial charge in [-0.15, -0.1) is 0 Å². The second-order valence-corrected chi connectivity index (χ2v) is 10.7. The third-order valence-electron chi connectivity index (χ3n) is 5.41. The Balaban J connectivity index is 2.42. The van der Waals surface area contributed by atoms with Gasteiger partial charge in [0.15, 0.2) is 0 Å². The van der Waals surface area contributed by atoms with Gasteiger partial charge in [-0.2, -0.15) is 0 Å². The van der Waals surface area contributed by atoms with Gasteiger partial charge >= 0.3 is 0 Å². The van der Waals surface area contributed by atoms with Crippen LogP contribution in [0.25, 0.3) is 0 Å². The molecular weight excluding hydrogens is 513 g/mol. The number of carbonyl (C=O) groups excluding carboxylic acids is 2. The molecule has 0 radical (unpaired) electrons. The lowest BCUT2D eigenvalue weighted by Crippen LogP contribution is -2.51.